The molecule has 142 valence electrons. The van der Waals surface area contributed by atoms with Gasteiger partial charge >= 0.3 is 0 Å². The number of carbonyl (C=O) groups excluding carboxylic acids is 1. The van der Waals surface area contributed by atoms with Crippen LogP contribution in [0.3, 0.4) is 0 Å². The third kappa shape index (κ3) is 3.31. The first-order chi connectivity index (χ1) is 12.7. The number of methoxy groups -OCH3 is 1. The van der Waals surface area contributed by atoms with Crippen molar-refractivity contribution in [3.8, 4) is 5.88 Å². The van der Waals surface area contributed by atoms with Gasteiger partial charge in [-0.2, -0.15) is 0 Å². The van der Waals surface area contributed by atoms with Crippen molar-refractivity contribution in [3.05, 3.63) is 22.9 Å². The molecule has 2 saturated heterocycles. The summed E-state index contributed by atoms with van der Waals surface area (Å²) in [6, 6.07) is 2.02. The number of aliphatic hydroxyl groups excluding tert-OH is 1. The molecule has 0 bridgehead atoms. The molecule has 1 N–H and O–H groups in total. The van der Waals surface area contributed by atoms with E-state index in [1.54, 1.807) is 7.11 Å². The summed E-state index contributed by atoms with van der Waals surface area (Å²) in [5.74, 6) is 0.436. The van der Waals surface area contributed by atoms with E-state index in [2.05, 4.69) is 9.88 Å². The van der Waals surface area contributed by atoms with Crippen LogP contribution in [0.2, 0.25) is 0 Å². The third-order valence-corrected chi connectivity index (χ3v) is 5.75. The van der Waals surface area contributed by atoms with Crippen LogP contribution in [0.4, 0.5) is 0 Å². The quantitative estimate of drug-likeness (QED) is 0.844. The Balaban J connectivity index is 1.48. The van der Waals surface area contributed by atoms with Crippen LogP contribution in [0.15, 0.2) is 6.07 Å². The van der Waals surface area contributed by atoms with Crippen LogP contribution in [0.1, 0.15) is 34.5 Å². The van der Waals surface area contributed by atoms with Gasteiger partial charge in [0.1, 0.15) is 5.56 Å². The number of aromatic nitrogens is 1. The van der Waals surface area contributed by atoms with Crippen molar-refractivity contribution in [2.75, 3.05) is 46.5 Å². The number of hydrogen-bond donors (Lipinski definition) is 1. The molecule has 2 fully saturated rings. The Hall–Kier alpha value is -1.70. The smallest absolute Gasteiger partial charge is 0.259 e. The summed E-state index contributed by atoms with van der Waals surface area (Å²) in [6.45, 7) is 3.94. The standard InChI is InChI=1S/C19H27N3O4/c1-25-18-14(10-13-4-2-5-15(13)20-18)19(24)22-7-3-6-21(8-9-22)16-11-26-12-17(16)23/h10,16-17,23H,2-9,11-12H2,1H3/t16-,17-/m0/s1. The van der Waals surface area contributed by atoms with Gasteiger partial charge in [0.2, 0.25) is 5.88 Å². The molecule has 0 unspecified atom stereocenters. The van der Waals surface area contributed by atoms with Crippen LogP contribution < -0.4 is 4.74 Å². The minimum Gasteiger partial charge on any atom is -0.480 e. The van der Waals surface area contributed by atoms with E-state index in [1.165, 1.54) is 5.56 Å². The summed E-state index contributed by atoms with van der Waals surface area (Å²) >= 11 is 0. The van der Waals surface area contributed by atoms with Crippen LogP contribution >= 0.6 is 0 Å². The zero-order valence-electron chi connectivity index (χ0n) is 15.3. The van der Waals surface area contributed by atoms with Crippen molar-refractivity contribution in [3.63, 3.8) is 0 Å². The molecule has 7 heteroatoms. The first-order valence-electron chi connectivity index (χ1n) is 9.53. The zero-order valence-corrected chi connectivity index (χ0v) is 15.3. The van der Waals surface area contributed by atoms with Gasteiger partial charge in [-0.3, -0.25) is 9.69 Å². The Morgan fingerprint density at radius 1 is 1.23 bits per heavy atom. The van der Waals surface area contributed by atoms with Crippen molar-refractivity contribution in [1.82, 2.24) is 14.8 Å². The van der Waals surface area contributed by atoms with Crippen LogP contribution in [0.5, 0.6) is 5.88 Å². The molecule has 7 nitrogen and oxygen atoms in total. The van der Waals surface area contributed by atoms with E-state index >= 15 is 0 Å². The highest BCUT2D eigenvalue weighted by molar-refractivity contribution is 5.96. The first-order valence-corrected chi connectivity index (χ1v) is 9.53. The average Bonchev–Trinajstić information content (AvgIpc) is 3.22. The van der Waals surface area contributed by atoms with E-state index in [9.17, 15) is 9.90 Å². The molecule has 0 radical (unpaired) electrons. The second kappa shape index (κ2) is 7.50. The summed E-state index contributed by atoms with van der Waals surface area (Å²) < 4.78 is 10.8. The summed E-state index contributed by atoms with van der Waals surface area (Å²) in [6.07, 6.45) is 3.49. The fourth-order valence-corrected chi connectivity index (χ4v) is 4.28. The summed E-state index contributed by atoms with van der Waals surface area (Å²) in [5.41, 5.74) is 2.82. The molecule has 1 aromatic rings. The Morgan fingerprint density at radius 3 is 2.88 bits per heavy atom. The van der Waals surface area contributed by atoms with Crippen molar-refractivity contribution >= 4 is 5.91 Å². The fraction of sp³-hybridized carbons (Fsp3) is 0.684. The van der Waals surface area contributed by atoms with Crippen molar-refractivity contribution < 1.29 is 19.4 Å². The van der Waals surface area contributed by atoms with Crippen LogP contribution in [0.25, 0.3) is 0 Å². The van der Waals surface area contributed by atoms with Gasteiger partial charge in [-0.15, -0.1) is 0 Å². The van der Waals surface area contributed by atoms with Crippen LogP contribution in [-0.4, -0.2) is 84.4 Å². The maximum Gasteiger partial charge on any atom is 0.259 e. The topological polar surface area (TPSA) is 75.1 Å². The fourth-order valence-electron chi connectivity index (χ4n) is 4.28. The van der Waals surface area contributed by atoms with Gasteiger partial charge in [0.05, 0.1) is 32.5 Å². The summed E-state index contributed by atoms with van der Waals surface area (Å²) in [7, 11) is 1.58. The van der Waals surface area contributed by atoms with Gasteiger partial charge in [-0.05, 0) is 37.3 Å². The maximum absolute atomic E-state index is 13.1. The molecule has 1 amide bonds. The number of fused-ring (bicyclic) bond motifs is 1. The van der Waals surface area contributed by atoms with Crippen molar-refractivity contribution in [1.29, 1.82) is 0 Å². The molecule has 2 atom stereocenters. The third-order valence-electron chi connectivity index (χ3n) is 5.75. The molecule has 1 aliphatic carbocycles. The Bertz CT molecular complexity index is 681. The number of ether oxygens (including phenoxy) is 2. The van der Waals surface area contributed by atoms with E-state index in [-0.39, 0.29) is 11.9 Å². The van der Waals surface area contributed by atoms with Crippen molar-refractivity contribution in [2.45, 2.75) is 37.8 Å². The molecule has 2 aliphatic heterocycles. The molecule has 3 heterocycles. The molecular formula is C19H27N3O4. The lowest BCUT2D eigenvalue weighted by molar-refractivity contribution is 0.0721. The Kier molecular flexibility index (Phi) is 5.11. The van der Waals surface area contributed by atoms with Crippen LogP contribution in [0, 0.1) is 0 Å². The number of amides is 1. The van der Waals surface area contributed by atoms with Gasteiger partial charge in [0.15, 0.2) is 0 Å². The normalized spacial score (nSPS) is 26.6. The summed E-state index contributed by atoms with van der Waals surface area (Å²) in [4.78, 5) is 21.9. The molecule has 1 aromatic heterocycles. The highest BCUT2D eigenvalue weighted by Crippen LogP contribution is 2.28. The Labute approximate surface area is 153 Å². The first kappa shape index (κ1) is 17.7. The molecule has 3 aliphatic rings. The number of pyridine rings is 1. The average molecular weight is 361 g/mol. The second-order valence-electron chi connectivity index (χ2n) is 7.36. The minimum absolute atomic E-state index is 0.00544. The molecule has 4 rings (SSSR count). The lowest BCUT2D eigenvalue weighted by atomic mass is 10.1. The van der Waals surface area contributed by atoms with E-state index in [4.69, 9.17) is 9.47 Å². The molecule has 26 heavy (non-hydrogen) atoms. The van der Waals surface area contributed by atoms with E-state index in [0.717, 1.165) is 44.5 Å². The maximum atomic E-state index is 13.1. The lowest BCUT2D eigenvalue weighted by Gasteiger charge is -2.28. The minimum atomic E-state index is -0.432. The molecular weight excluding hydrogens is 334 g/mol. The number of nitrogens with zero attached hydrogens (tertiary/aromatic N) is 3. The van der Waals surface area contributed by atoms with E-state index in [0.29, 0.717) is 37.7 Å². The number of rotatable bonds is 3. The molecule has 0 aromatic carbocycles. The van der Waals surface area contributed by atoms with Crippen molar-refractivity contribution in [2.24, 2.45) is 0 Å². The number of carbonyl (C=O) groups is 1. The second-order valence-corrected chi connectivity index (χ2v) is 7.36. The molecule has 0 spiro atoms. The van der Waals surface area contributed by atoms with Gasteiger partial charge < -0.3 is 19.5 Å². The number of aryl methyl sites for hydroxylation is 2. The van der Waals surface area contributed by atoms with Crippen LogP contribution in [-0.2, 0) is 17.6 Å². The number of hydrogen-bond acceptors (Lipinski definition) is 6. The largest absolute Gasteiger partial charge is 0.480 e. The summed E-state index contributed by atoms with van der Waals surface area (Å²) in [5, 5.41) is 10.1. The predicted octanol–water partition coefficient (Wildman–Crippen LogP) is 0.487. The monoisotopic (exact) mass is 361 g/mol. The van der Waals surface area contributed by atoms with Gasteiger partial charge in [0.25, 0.3) is 5.91 Å². The van der Waals surface area contributed by atoms with Gasteiger partial charge in [-0.25, -0.2) is 4.98 Å². The predicted molar refractivity (Wildman–Crippen MR) is 95.5 cm³/mol. The van der Waals surface area contributed by atoms with Gasteiger partial charge in [-0.1, -0.05) is 0 Å². The highest BCUT2D eigenvalue weighted by Gasteiger charge is 2.33. The zero-order chi connectivity index (χ0) is 18.1. The Morgan fingerprint density at radius 2 is 2.12 bits per heavy atom. The van der Waals surface area contributed by atoms with Gasteiger partial charge in [0, 0.05) is 31.9 Å². The SMILES string of the molecule is COc1nc2c(cc1C(=O)N1CCCN([C@H]3COC[C@@H]3O)CC1)CCC2. The lowest BCUT2D eigenvalue weighted by Crippen LogP contribution is -2.45. The molecule has 0 saturated carbocycles. The highest BCUT2D eigenvalue weighted by atomic mass is 16.5. The van der Waals surface area contributed by atoms with E-state index in [1.807, 2.05) is 11.0 Å². The number of aliphatic hydroxyl groups is 1. The van der Waals surface area contributed by atoms with E-state index < -0.39 is 6.10 Å².